The average Bonchev–Trinajstić information content (AvgIpc) is 2.87. The van der Waals surface area contributed by atoms with Crippen molar-refractivity contribution in [3.8, 4) is 5.75 Å². The van der Waals surface area contributed by atoms with Crippen LogP contribution >= 0.6 is 0 Å². The number of likely N-dealkylation sites (N-methyl/N-ethyl adjacent to an activating group) is 1. The first-order chi connectivity index (χ1) is 13.2. The molecule has 0 aliphatic heterocycles. The van der Waals surface area contributed by atoms with Crippen molar-refractivity contribution in [2.24, 2.45) is 5.92 Å². The predicted octanol–water partition coefficient (Wildman–Crippen LogP) is 2.80. The van der Waals surface area contributed by atoms with Gasteiger partial charge >= 0.3 is 0 Å². The molecule has 0 fully saturated rings. The van der Waals surface area contributed by atoms with Gasteiger partial charge in [-0.05, 0) is 44.0 Å². The highest BCUT2D eigenvalue weighted by atomic mass is 16.5. The number of rotatable bonds is 8. The van der Waals surface area contributed by atoms with Crippen LogP contribution in [0.5, 0.6) is 5.75 Å². The smallest absolute Gasteiger partial charge is 0.259 e. The third kappa shape index (κ3) is 5.84. The van der Waals surface area contributed by atoms with Crippen LogP contribution in [-0.2, 0) is 22.6 Å². The van der Waals surface area contributed by atoms with E-state index in [-0.39, 0.29) is 24.8 Å². The molecular formula is C21H30N4O3. The SMILES string of the molecule is Cc1nn(CC(C)C)c(C)c1CC(=O)Nc1ccc(OCC(=O)N(C)C)cc1. The van der Waals surface area contributed by atoms with Gasteiger partial charge in [0.05, 0.1) is 12.1 Å². The molecule has 0 saturated carbocycles. The van der Waals surface area contributed by atoms with Gasteiger partial charge in [-0.15, -0.1) is 0 Å². The molecule has 1 N–H and O–H groups in total. The van der Waals surface area contributed by atoms with Crippen LogP contribution in [0.15, 0.2) is 24.3 Å². The maximum Gasteiger partial charge on any atom is 0.259 e. The highest BCUT2D eigenvalue weighted by Gasteiger charge is 2.16. The second-order valence-corrected chi connectivity index (χ2v) is 7.55. The summed E-state index contributed by atoms with van der Waals surface area (Å²) in [7, 11) is 3.36. The number of aryl methyl sites for hydroxylation is 1. The number of nitrogens with zero attached hydrogens (tertiary/aromatic N) is 3. The van der Waals surface area contributed by atoms with E-state index in [2.05, 4.69) is 24.3 Å². The molecule has 0 bridgehead atoms. The van der Waals surface area contributed by atoms with Crippen LogP contribution in [0.25, 0.3) is 0 Å². The number of carbonyl (C=O) groups excluding carboxylic acids is 2. The summed E-state index contributed by atoms with van der Waals surface area (Å²) in [6, 6.07) is 6.98. The number of carbonyl (C=O) groups is 2. The fourth-order valence-corrected chi connectivity index (χ4v) is 2.79. The van der Waals surface area contributed by atoms with E-state index in [0.29, 0.717) is 17.4 Å². The second kappa shape index (κ2) is 9.39. The molecule has 152 valence electrons. The van der Waals surface area contributed by atoms with Crippen molar-refractivity contribution >= 4 is 17.5 Å². The molecule has 0 atom stereocenters. The number of ether oxygens (including phenoxy) is 1. The van der Waals surface area contributed by atoms with E-state index in [1.807, 2.05) is 18.5 Å². The summed E-state index contributed by atoms with van der Waals surface area (Å²) in [5.74, 6) is 0.871. The zero-order valence-electron chi connectivity index (χ0n) is 17.6. The largest absolute Gasteiger partial charge is 0.484 e. The van der Waals surface area contributed by atoms with Gasteiger partial charge in [-0.25, -0.2) is 0 Å². The number of aromatic nitrogens is 2. The van der Waals surface area contributed by atoms with Crippen molar-refractivity contribution in [1.82, 2.24) is 14.7 Å². The Labute approximate surface area is 166 Å². The Morgan fingerprint density at radius 1 is 1.18 bits per heavy atom. The summed E-state index contributed by atoms with van der Waals surface area (Å²) in [4.78, 5) is 25.5. The third-order valence-corrected chi connectivity index (χ3v) is 4.41. The molecule has 2 amide bonds. The molecular weight excluding hydrogens is 356 g/mol. The summed E-state index contributed by atoms with van der Waals surface area (Å²) in [5.41, 5.74) is 3.58. The summed E-state index contributed by atoms with van der Waals surface area (Å²) in [5, 5.41) is 7.46. The topological polar surface area (TPSA) is 76.5 Å². The number of nitrogens with one attached hydrogen (secondary N) is 1. The molecule has 2 aromatic rings. The van der Waals surface area contributed by atoms with Gasteiger partial charge in [-0.1, -0.05) is 13.8 Å². The van der Waals surface area contributed by atoms with Crippen molar-refractivity contribution in [3.05, 3.63) is 41.2 Å². The summed E-state index contributed by atoms with van der Waals surface area (Å²) >= 11 is 0. The molecule has 7 nitrogen and oxygen atoms in total. The Bertz CT molecular complexity index is 823. The number of amides is 2. The van der Waals surface area contributed by atoms with Crippen LogP contribution in [0.3, 0.4) is 0 Å². The zero-order chi connectivity index (χ0) is 20.8. The van der Waals surface area contributed by atoms with E-state index in [4.69, 9.17) is 4.74 Å². The molecule has 0 spiro atoms. The minimum absolute atomic E-state index is 0.0162. The monoisotopic (exact) mass is 386 g/mol. The van der Waals surface area contributed by atoms with Crippen molar-refractivity contribution in [2.45, 2.75) is 40.7 Å². The van der Waals surface area contributed by atoms with Crippen LogP contribution in [0.4, 0.5) is 5.69 Å². The minimum atomic E-state index is -0.110. The molecule has 28 heavy (non-hydrogen) atoms. The molecule has 0 radical (unpaired) electrons. The van der Waals surface area contributed by atoms with Crippen molar-refractivity contribution in [1.29, 1.82) is 0 Å². The zero-order valence-corrected chi connectivity index (χ0v) is 17.6. The lowest BCUT2D eigenvalue weighted by Gasteiger charge is -2.12. The first kappa shape index (κ1) is 21.5. The van der Waals surface area contributed by atoms with Gasteiger partial charge in [-0.2, -0.15) is 5.10 Å². The molecule has 7 heteroatoms. The van der Waals surface area contributed by atoms with E-state index >= 15 is 0 Å². The van der Waals surface area contributed by atoms with Gasteiger partial charge < -0.3 is 15.0 Å². The van der Waals surface area contributed by atoms with E-state index in [0.717, 1.165) is 23.5 Å². The normalized spacial score (nSPS) is 10.8. The molecule has 1 aromatic carbocycles. The Kier molecular flexibility index (Phi) is 7.20. The minimum Gasteiger partial charge on any atom is -0.484 e. The van der Waals surface area contributed by atoms with E-state index in [9.17, 15) is 9.59 Å². The third-order valence-electron chi connectivity index (χ3n) is 4.41. The summed E-state index contributed by atoms with van der Waals surface area (Å²) in [6.07, 6.45) is 0.283. The van der Waals surface area contributed by atoms with Crippen molar-refractivity contribution in [3.63, 3.8) is 0 Å². The van der Waals surface area contributed by atoms with Crippen LogP contribution in [-0.4, -0.2) is 47.2 Å². The molecule has 0 saturated heterocycles. The molecule has 0 unspecified atom stereocenters. The van der Waals surface area contributed by atoms with Crippen LogP contribution in [0.2, 0.25) is 0 Å². The van der Waals surface area contributed by atoms with E-state index in [1.165, 1.54) is 4.90 Å². The first-order valence-electron chi connectivity index (χ1n) is 9.43. The van der Waals surface area contributed by atoms with Gasteiger partial charge in [0.25, 0.3) is 5.91 Å². The fraction of sp³-hybridized carbons (Fsp3) is 0.476. The Morgan fingerprint density at radius 2 is 1.82 bits per heavy atom. The lowest BCUT2D eigenvalue weighted by molar-refractivity contribution is -0.130. The highest BCUT2D eigenvalue weighted by molar-refractivity contribution is 5.92. The molecule has 1 aromatic heterocycles. The summed E-state index contributed by atoms with van der Waals surface area (Å²) < 4.78 is 7.41. The van der Waals surface area contributed by atoms with Crippen LogP contribution < -0.4 is 10.1 Å². The number of hydrogen-bond acceptors (Lipinski definition) is 4. The standard InChI is InChI=1S/C21H30N4O3/c1-14(2)12-25-16(4)19(15(3)23-25)11-20(26)22-17-7-9-18(10-8-17)28-13-21(27)24(5)6/h7-10,14H,11-13H2,1-6H3,(H,22,26). The molecule has 2 rings (SSSR count). The number of benzene rings is 1. The first-order valence-corrected chi connectivity index (χ1v) is 9.43. The van der Waals surface area contributed by atoms with Crippen molar-refractivity contribution in [2.75, 3.05) is 26.0 Å². The molecule has 0 aliphatic rings. The number of anilines is 1. The Balaban J connectivity index is 1.95. The van der Waals surface area contributed by atoms with Crippen molar-refractivity contribution < 1.29 is 14.3 Å². The molecule has 1 heterocycles. The van der Waals surface area contributed by atoms with Gasteiger partial charge in [0.15, 0.2) is 6.61 Å². The van der Waals surface area contributed by atoms with Gasteiger partial charge in [0, 0.05) is 37.6 Å². The molecule has 0 aliphatic carbocycles. The van der Waals surface area contributed by atoms with E-state index < -0.39 is 0 Å². The van der Waals surface area contributed by atoms with Crippen LogP contribution in [0, 0.1) is 19.8 Å². The average molecular weight is 386 g/mol. The van der Waals surface area contributed by atoms with Gasteiger partial charge in [0.2, 0.25) is 5.91 Å². The highest BCUT2D eigenvalue weighted by Crippen LogP contribution is 2.18. The van der Waals surface area contributed by atoms with Gasteiger partial charge in [0.1, 0.15) is 5.75 Å². The predicted molar refractivity (Wildman–Crippen MR) is 110 cm³/mol. The number of hydrogen-bond donors (Lipinski definition) is 1. The maximum atomic E-state index is 12.5. The lowest BCUT2D eigenvalue weighted by Crippen LogP contribution is -2.27. The maximum absolute atomic E-state index is 12.5. The second-order valence-electron chi connectivity index (χ2n) is 7.55. The van der Waals surface area contributed by atoms with Crippen LogP contribution in [0.1, 0.15) is 30.8 Å². The summed E-state index contributed by atoms with van der Waals surface area (Å²) in [6.45, 7) is 9.06. The lowest BCUT2D eigenvalue weighted by atomic mass is 10.1. The fourth-order valence-electron chi connectivity index (χ4n) is 2.79. The quantitative estimate of drug-likeness (QED) is 0.757. The van der Waals surface area contributed by atoms with E-state index in [1.54, 1.807) is 38.4 Å². The Hall–Kier alpha value is -2.83. The van der Waals surface area contributed by atoms with Gasteiger partial charge in [-0.3, -0.25) is 14.3 Å². The Morgan fingerprint density at radius 3 is 2.39 bits per heavy atom.